The molecular weight excluding hydrogens is 160 g/mol. The number of piperazine rings is 1. The highest BCUT2D eigenvalue weighted by atomic mass is 15.2. The molecule has 1 aliphatic carbocycles. The zero-order valence-corrected chi connectivity index (χ0v) is 8.92. The van der Waals surface area contributed by atoms with E-state index in [-0.39, 0.29) is 0 Å². The van der Waals surface area contributed by atoms with Crippen molar-refractivity contribution < 1.29 is 0 Å². The summed E-state index contributed by atoms with van der Waals surface area (Å²) in [6.45, 7) is 9.71. The zero-order valence-electron chi connectivity index (χ0n) is 8.92. The molecule has 1 atom stereocenters. The molecule has 1 N–H and O–H groups in total. The van der Waals surface area contributed by atoms with Crippen LogP contribution in [-0.2, 0) is 0 Å². The minimum absolute atomic E-state index is 0.786. The maximum absolute atomic E-state index is 3.50. The lowest BCUT2D eigenvalue weighted by Gasteiger charge is -2.38. The van der Waals surface area contributed by atoms with Crippen LogP contribution in [0.15, 0.2) is 0 Å². The zero-order chi connectivity index (χ0) is 9.26. The molecule has 1 saturated carbocycles. The maximum Gasteiger partial charge on any atom is 0.0244 e. The Labute approximate surface area is 81.7 Å². The van der Waals surface area contributed by atoms with Gasteiger partial charge in [-0.1, -0.05) is 13.8 Å². The summed E-state index contributed by atoms with van der Waals surface area (Å²) in [7, 11) is 0. The van der Waals surface area contributed by atoms with Gasteiger partial charge in [0.15, 0.2) is 0 Å². The molecule has 1 saturated heterocycles. The quantitative estimate of drug-likeness (QED) is 0.708. The van der Waals surface area contributed by atoms with Crippen molar-refractivity contribution in [3.05, 3.63) is 0 Å². The average Bonchev–Trinajstić information content (AvgIpc) is 2.89. The van der Waals surface area contributed by atoms with Crippen molar-refractivity contribution in [1.82, 2.24) is 10.2 Å². The van der Waals surface area contributed by atoms with Crippen molar-refractivity contribution >= 4 is 0 Å². The second-order valence-corrected chi connectivity index (χ2v) is 4.95. The molecular formula is C11H22N2. The molecule has 2 aliphatic rings. The first-order chi connectivity index (χ1) is 6.27. The van der Waals surface area contributed by atoms with Crippen molar-refractivity contribution in [2.75, 3.05) is 26.2 Å². The standard InChI is InChI=1S/C11H22N2/c1-9(2)11-7-12-5-6-13(11)8-10-3-4-10/h9-12H,3-8H2,1-2H3/t11-/m0/s1. The Balaban J connectivity index is 1.87. The summed E-state index contributed by atoms with van der Waals surface area (Å²) < 4.78 is 0. The van der Waals surface area contributed by atoms with E-state index in [4.69, 9.17) is 0 Å². The fourth-order valence-electron chi connectivity index (χ4n) is 2.28. The molecule has 0 unspecified atom stereocenters. The van der Waals surface area contributed by atoms with Gasteiger partial charge in [-0.3, -0.25) is 4.90 Å². The Hall–Kier alpha value is -0.0800. The van der Waals surface area contributed by atoms with Crippen LogP contribution in [0.1, 0.15) is 26.7 Å². The highest BCUT2D eigenvalue weighted by Crippen LogP contribution is 2.31. The van der Waals surface area contributed by atoms with Gasteiger partial charge in [-0.2, -0.15) is 0 Å². The summed E-state index contributed by atoms with van der Waals surface area (Å²) >= 11 is 0. The molecule has 2 heteroatoms. The van der Waals surface area contributed by atoms with E-state index in [0.717, 1.165) is 17.9 Å². The fourth-order valence-corrected chi connectivity index (χ4v) is 2.28. The molecule has 0 aromatic heterocycles. The van der Waals surface area contributed by atoms with Crippen LogP contribution in [-0.4, -0.2) is 37.1 Å². The van der Waals surface area contributed by atoms with Gasteiger partial charge in [-0.25, -0.2) is 0 Å². The van der Waals surface area contributed by atoms with E-state index in [0.29, 0.717) is 0 Å². The highest BCUT2D eigenvalue weighted by Gasteiger charge is 2.30. The lowest BCUT2D eigenvalue weighted by Crippen LogP contribution is -2.53. The lowest BCUT2D eigenvalue weighted by molar-refractivity contribution is 0.119. The number of rotatable bonds is 3. The maximum atomic E-state index is 3.50. The van der Waals surface area contributed by atoms with Gasteiger partial charge in [-0.15, -0.1) is 0 Å². The first kappa shape index (κ1) is 9.47. The Bertz CT molecular complexity index is 163. The molecule has 0 amide bonds. The molecule has 1 heterocycles. The van der Waals surface area contributed by atoms with Crippen LogP contribution in [0.4, 0.5) is 0 Å². The van der Waals surface area contributed by atoms with Crippen molar-refractivity contribution in [1.29, 1.82) is 0 Å². The van der Waals surface area contributed by atoms with Gasteiger partial charge >= 0.3 is 0 Å². The van der Waals surface area contributed by atoms with Gasteiger partial charge in [0, 0.05) is 32.2 Å². The predicted molar refractivity (Wildman–Crippen MR) is 55.8 cm³/mol. The smallest absolute Gasteiger partial charge is 0.0244 e. The van der Waals surface area contributed by atoms with Gasteiger partial charge in [0.2, 0.25) is 0 Å². The van der Waals surface area contributed by atoms with Gasteiger partial charge in [0.05, 0.1) is 0 Å². The van der Waals surface area contributed by atoms with Crippen LogP contribution < -0.4 is 5.32 Å². The van der Waals surface area contributed by atoms with E-state index in [9.17, 15) is 0 Å². The first-order valence-electron chi connectivity index (χ1n) is 5.72. The molecule has 2 rings (SSSR count). The van der Waals surface area contributed by atoms with E-state index in [1.54, 1.807) is 0 Å². The van der Waals surface area contributed by atoms with Crippen molar-refractivity contribution in [3.63, 3.8) is 0 Å². The third-order valence-corrected chi connectivity index (χ3v) is 3.36. The number of nitrogens with one attached hydrogen (secondary N) is 1. The Morgan fingerprint density at radius 2 is 2.15 bits per heavy atom. The molecule has 0 aromatic rings. The molecule has 76 valence electrons. The summed E-state index contributed by atoms with van der Waals surface area (Å²) in [5.41, 5.74) is 0. The minimum Gasteiger partial charge on any atom is -0.314 e. The number of hydrogen-bond donors (Lipinski definition) is 1. The van der Waals surface area contributed by atoms with Gasteiger partial charge in [0.1, 0.15) is 0 Å². The Morgan fingerprint density at radius 1 is 1.38 bits per heavy atom. The second-order valence-electron chi connectivity index (χ2n) is 4.95. The molecule has 1 aliphatic heterocycles. The number of hydrogen-bond acceptors (Lipinski definition) is 2. The molecule has 0 bridgehead atoms. The fraction of sp³-hybridized carbons (Fsp3) is 1.00. The van der Waals surface area contributed by atoms with Crippen molar-refractivity contribution in [2.45, 2.75) is 32.7 Å². The predicted octanol–water partition coefficient (Wildman–Crippen LogP) is 1.33. The topological polar surface area (TPSA) is 15.3 Å². The van der Waals surface area contributed by atoms with Gasteiger partial charge < -0.3 is 5.32 Å². The largest absolute Gasteiger partial charge is 0.314 e. The van der Waals surface area contributed by atoms with E-state index < -0.39 is 0 Å². The van der Waals surface area contributed by atoms with Gasteiger partial charge in [0.25, 0.3) is 0 Å². The van der Waals surface area contributed by atoms with Crippen LogP contribution >= 0.6 is 0 Å². The summed E-state index contributed by atoms with van der Waals surface area (Å²) in [4.78, 5) is 2.71. The van der Waals surface area contributed by atoms with Crippen LogP contribution in [0.3, 0.4) is 0 Å². The van der Waals surface area contributed by atoms with E-state index in [1.165, 1.54) is 39.0 Å². The summed E-state index contributed by atoms with van der Waals surface area (Å²) in [6.07, 6.45) is 2.96. The summed E-state index contributed by atoms with van der Waals surface area (Å²) in [5, 5.41) is 3.50. The molecule has 2 fully saturated rings. The average molecular weight is 182 g/mol. The van der Waals surface area contributed by atoms with Gasteiger partial charge in [-0.05, 0) is 24.7 Å². The summed E-state index contributed by atoms with van der Waals surface area (Å²) in [5.74, 6) is 1.84. The van der Waals surface area contributed by atoms with Crippen LogP contribution in [0, 0.1) is 11.8 Å². The molecule has 2 nitrogen and oxygen atoms in total. The van der Waals surface area contributed by atoms with E-state index in [1.807, 2.05) is 0 Å². The second kappa shape index (κ2) is 3.97. The van der Waals surface area contributed by atoms with Crippen LogP contribution in [0.2, 0.25) is 0 Å². The Morgan fingerprint density at radius 3 is 2.77 bits per heavy atom. The Kier molecular flexibility index (Phi) is 2.89. The molecule has 13 heavy (non-hydrogen) atoms. The van der Waals surface area contributed by atoms with E-state index >= 15 is 0 Å². The normalized spacial score (nSPS) is 31.2. The SMILES string of the molecule is CC(C)[C@@H]1CNCCN1CC1CC1. The summed E-state index contributed by atoms with van der Waals surface area (Å²) in [6, 6.07) is 0.786. The van der Waals surface area contributed by atoms with Crippen LogP contribution in [0.5, 0.6) is 0 Å². The monoisotopic (exact) mass is 182 g/mol. The highest BCUT2D eigenvalue weighted by molar-refractivity contribution is 4.86. The third-order valence-electron chi connectivity index (χ3n) is 3.36. The van der Waals surface area contributed by atoms with Crippen molar-refractivity contribution in [3.8, 4) is 0 Å². The van der Waals surface area contributed by atoms with E-state index in [2.05, 4.69) is 24.1 Å². The minimum atomic E-state index is 0.786. The molecule has 0 radical (unpaired) electrons. The van der Waals surface area contributed by atoms with Crippen molar-refractivity contribution in [2.24, 2.45) is 11.8 Å². The number of nitrogens with zero attached hydrogens (tertiary/aromatic N) is 1. The molecule has 0 spiro atoms. The third kappa shape index (κ3) is 2.44. The lowest BCUT2D eigenvalue weighted by atomic mass is 10.0. The van der Waals surface area contributed by atoms with Crippen LogP contribution in [0.25, 0.3) is 0 Å². The molecule has 0 aromatic carbocycles. The first-order valence-corrected chi connectivity index (χ1v) is 5.72.